The van der Waals surface area contributed by atoms with E-state index < -0.39 is 6.36 Å². The maximum absolute atomic E-state index is 12.4. The number of rotatable bonds is 2. The van der Waals surface area contributed by atoms with Gasteiger partial charge in [0.25, 0.3) is 0 Å². The first-order chi connectivity index (χ1) is 8.88. The van der Waals surface area contributed by atoms with Crippen molar-refractivity contribution in [3.8, 4) is 16.9 Å². The lowest BCUT2D eigenvalue weighted by Gasteiger charge is -2.16. The fourth-order valence-electron chi connectivity index (χ4n) is 1.89. The second kappa shape index (κ2) is 4.84. The zero-order chi connectivity index (χ0) is 14.0. The second-order valence-corrected chi connectivity index (χ2v) is 4.07. The predicted molar refractivity (Wildman–Crippen MR) is 67.7 cm³/mol. The molecule has 0 unspecified atom stereocenters. The third kappa shape index (κ3) is 2.99. The Morgan fingerprint density at radius 1 is 1.00 bits per heavy atom. The van der Waals surface area contributed by atoms with Crippen molar-refractivity contribution >= 4 is 5.69 Å². The molecule has 0 radical (unpaired) electrons. The Hall–Kier alpha value is -2.17. The van der Waals surface area contributed by atoms with E-state index in [1.165, 1.54) is 6.07 Å². The number of alkyl halides is 3. The molecule has 0 amide bonds. The molecule has 0 aliphatic rings. The van der Waals surface area contributed by atoms with Crippen molar-refractivity contribution in [3.05, 3.63) is 48.0 Å². The van der Waals surface area contributed by atoms with Crippen LogP contribution in [0.4, 0.5) is 18.9 Å². The summed E-state index contributed by atoms with van der Waals surface area (Å²) in [6.07, 6.45) is -4.76. The van der Waals surface area contributed by atoms with Crippen molar-refractivity contribution < 1.29 is 17.9 Å². The van der Waals surface area contributed by atoms with E-state index in [1.807, 2.05) is 30.3 Å². The molecule has 0 heterocycles. The Balaban J connectivity index is 2.52. The van der Waals surface area contributed by atoms with Gasteiger partial charge in [-0.25, -0.2) is 0 Å². The van der Waals surface area contributed by atoms with Gasteiger partial charge in [-0.1, -0.05) is 36.4 Å². The molecule has 0 bridgehead atoms. The van der Waals surface area contributed by atoms with E-state index in [1.54, 1.807) is 13.0 Å². The average Bonchev–Trinajstić information content (AvgIpc) is 2.34. The van der Waals surface area contributed by atoms with Crippen LogP contribution < -0.4 is 10.5 Å². The van der Waals surface area contributed by atoms with Crippen LogP contribution in [0.25, 0.3) is 11.1 Å². The van der Waals surface area contributed by atoms with Crippen LogP contribution in [0.1, 0.15) is 5.56 Å². The van der Waals surface area contributed by atoms with E-state index in [4.69, 9.17) is 5.73 Å². The van der Waals surface area contributed by atoms with Crippen LogP contribution in [0.5, 0.6) is 5.75 Å². The SMILES string of the molecule is Cc1c(-c2ccccc2)ccc(N)c1OC(F)(F)F. The van der Waals surface area contributed by atoms with Crippen molar-refractivity contribution in [2.24, 2.45) is 0 Å². The van der Waals surface area contributed by atoms with Gasteiger partial charge < -0.3 is 10.5 Å². The summed E-state index contributed by atoms with van der Waals surface area (Å²) >= 11 is 0. The summed E-state index contributed by atoms with van der Waals surface area (Å²) in [6, 6.07) is 12.2. The van der Waals surface area contributed by atoms with Gasteiger partial charge in [0.1, 0.15) is 0 Å². The lowest BCUT2D eigenvalue weighted by atomic mass is 9.99. The van der Waals surface area contributed by atoms with Crippen LogP contribution in [0.3, 0.4) is 0 Å². The van der Waals surface area contributed by atoms with Crippen molar-refractivity contribution in [3.63, 3.8) is 0 Å². The highest BCUT2D eigenvalue weighted by atomic mass is 19.4. The quantitative estimate of drug-likeness (QED) is 0.830. The van der Waals surface area contributed by atoms with Crippen molar-refractivity contribution in [1.29, 1.82) is 0 Å². The van der Waals surface area contributed by atoms with E-state index in [0.29, 0.717) is 11.1 Å². The summed E-state index contributed by atoms with van der Waals surface area (Å²) in [4.78, 5) is 0. The summed E-state index contributed by atoms with van der Waals surface area (Å²) in [5, 5.41) is 0. The van der Waals surface area contributed by atoms with E-state index in [9.17, 15) is 13.2 Å². The molecule has 0 saturated heterocycles. The van der Waals surface area contributed by atoms with Gasteiger partial charge in [0.15, 0.2) is 5.75 Å². The van der Waals surface area contributed by atoms with Crippen LogP contribution in [0, 0.1) is 6.92 Å². The van der Waals surface area contributed by atoms with Crippen molar-refractivity contribution in [2.45, 2.75) is 13.3 Å². The molecule has 0 aliphatic heterocycles. The minimum atomic E-state index is -4.76. The number of hydrogen-bond acceptors (Lipinski definition) is 2. The second-order valence-electron chi connectivity index (χ2n) is 4.07. The molecule has 0 atom stereocenters. The highest BCUT2D eigenvalue weighted by molar-refractivity contribution is 5.74. The van der Waals surface area contributed by atoms with Gasteiger partial charge in [-0.15, -0.1) is 13.2 Å². The zero-order valence-corrected chi connectivity index (χ0v) is 10.2. The molecular weight excluding hydrogens is 255 g/mol. The number of benzene rings is 2. The maximum Gasteiger partial charge on any atom is 0.573 e. The van der Waals surface area contributed by atoms with Gasteiger partial charge in [0.2, 0.25) is 0 Å². The summed E-state index contributed by atoms with van der Waals surface area (Å²) in [5.41, 5.74) is 7.36. The van der Waals surface area contributed by atoms with E-state index >= 15 is 0 Å². The largest absolute Gasteiger partial charge is 0.573 e. The highest BCUT2D eigenvalue weighted by Crippen LogP contribution is 2.37. The third-order valence-corrected chi connectivity index (χ3v) is 2.74. The van der Waals surface area contributed by atoms with Gasteiger partial charge in [-0.2, -0.15) is 0 Å². The maximum atomic E-state index is 12.4. The van der Waals surface area contributed by atoms with Crippen LogP contribution in [-0.4, -0.2) is 6.36 Å². The first kappa shape index (κ1) is 13.3. The molecule has 5 heteroatoms. The van der Waals surface area contributed by atoms with Crippen LogP contribution in [0.2, 0.25) is 0 Å². The molecular formula is C14H12F3NO. The third-order valence-electron chi connectivity index (χ3n) is 2.74. The molecule has 0 fully saturated rings. The topological polar surface area (TPSA) is 35.2 Å². The van der Waals surface area contributed by atoms with Crippen LogP contribution in [-0.2, 0) is 0 Å². The first-order valence-electron chi connectivity index (χ1n) is 5.59. The molecule has 2 N–H and O–H groups in total. The number of nitrogen functional groups attached to an aromatic ring is 1. The molecule has 2 aromatic carbocycles. The van der Waals surface area contributed by atoms with E-state index in [2.05, 4.69) is 4.74 Å². The zero-order valence-electron chi connectivity index (χ0n) is 10.2. The van der Waals surface area contributed by atoms with Gasteiger partial charge in [-0.3, -0.25) is 0 Å². The van der Waals surface area contributed by atoms with Crippen molar-refractivity contribution in [2.75, 3.05) is 5.73 Å². The molecule has 0 aromatic heterocycles. The first-order valence-corrected chi connectivity index (χ1v) is 5.59. The smallest absolute Gasteiger partial charge is 0.403 e. The monoisotopic (exact) mass is 267 g/mol. The van der Waals surface area contributed by atoms with Crippen molar-refractivity contribution in [1.82, 2.24) is 0 Å². The lowest BCUT2D eigenvalue weighted by molar-refractivity contribution is -0.274. The highest BCUT2D eigenvalue weighted by Gasteiger charge is 2.33. The summed E-state index contributed by atoms with van der Waals surface area (Å²) in [7, 11) is 0. The Kier molecular flexibility index (Phi) is 3.38. The summed E-state index contributed by atoms with van der Waals surface area (Å²) in [5.74, 6) is -0.339. The molecule has 100 valence electrons. The fraction of sp³-hybridized carbons (Fsp3) is 0.143. The molecule has 2 nitrogen and oxygen atoms in total. The summed E-state index contributed by atoms with van der Waals surface area (Å²) in [6.45, 7) is 1.56. The van der Waals surface area contributed by atoms with Gasteiger partial charge in [0, 0.05) is 5.56 Å². The number of nitrogens with two attached hydrogens (primary N) is 1. The predicted octanol–water partition coefficient (Wildman–Crippen LogP) is 4.14. The Labute approximate surface area is 108 Å². The van der Waals surface area contributed by atoms with Crippen LogP contribution in [0.15, 0.2) is 42.5 Å². The minimum absolute atomic E-state index is 0.0329. The molecule has 0 aliphatic carbocycles. The summed E-state index contributed by atoms with van der Waals surface area (Å²) < 4.78 is 41.1. The van der Waals surface area contributed by atoms with E-state index in [0.717, 1.165) is 5.56 Å². The molecule has 2 rings (SSSR count). The van der Waals surface area contributed by atoms with Crippen LogP contribution >= 0.6 is 0 Å². The minimum Gasteiger partial charge on any atom is -0.403 e. The normalized spacial score (nSPS) is 11.4. The molecule has 0 saturated carbocycles. The molecule has 0 spiro atoms. The van der Waals surface area contributed by atoms with Gasteiger partial charge in [-0.05, 0) is 24.1 Å². The van der Waals surface area contributed by atoms with E-state index in [-0.39, 0.29) is 11.4 Å². The number of anilines is 1. The number of ether oxygens (including phenoxy) is 1. The fourth-order valence-corrected chi connectivity index (χ4v) is 1.89. The standard InChI is InChI=1S/C14H12F3NO/c1-9-11(10-5-3-2-4-6-10)7-8-12(18)13(9)19-14(15,16)17/h2-8H,18H2,1H3. The van der Waals surface area contributed by atoms with Gasteiger partial charge in [0.05, 0.1) is 5.69 Å². The number of halogens is 3. The Morgan fingerprint density at radius 3 is 2.21 bits per heavy atom. The molecule has 2 aromatic rings. The lowest BCUT2D eigenvalue weighted by Crippen LogP contribution is -2.19. The Morgan fingerprint density at radius 2 is 1.63 bits per heavy atom. The van der Waals surface area contributed by atoms with Gasteiger partial charge >= 0.3 is 6.36 Å². The molecule has 19 heavy (non-hydrogen) atoms. The average molecular weight is 267 g/mol. The Bertz CT molecular complexity index is 579. The number of hydrogen-bond donors (Lipinski definition) is 1.